The van der Waals surface area contributed by atoms with Crippen molar-refractivity contribution in [2.75, 3.05) is 18.5 Å². The fourth-order valence-electron chi connectivity index (χ4n) is 2.70. The third kappa shape index (κ3) is 7.10. The van der Waals surface area contributed by atoms with Gasteiger partial charge >= 0.3 is 0 Å². The fraction of sp³-hybridized carbons (Fsp3) is 0.409. The van der Waals surface area contributed by atoms with Crippen molar-refractivity contribution in [2.45, 2.75) is 46.6 Å². The average Bonchev–Trinajstić information content (AvgIpc) is 2.68. The Labute approximate surface area is 168 Å². The molecule has 0 aliphatic heterocycles. The number of aryl methyl sites for hydroxylation is 1. The maximum absolute atomic E-state index is 5.67. The molecule has 0 atom stereocenters. The second-order valence-electron chi connectivity index (χ2n) is 6.26. The molecule has 0 unspecified atom stereocenters. The van der Waals surface area contributed by atoms with Gasteiger partial charge in [-0.15, -0.1) is 0 Å². The zero-order valence-electron chi connectivity index (χ0n) is 16.5. The Morgan fingerprint density at radius 1 is 0.889 bits per heavy atom. The SMILES string of the molecule is CCCCc1ccc(NC(=S)NCc2ccc(OCC)c(OCC)c2)cc1. The first kappa shape index (κ1) is 21.0. The lowest BCUT2D eigenvalue weighted by Crippen LogP contribution is -2.27. The summed E-state index contributed by atoms with van der Waals surface area (Å²) in [4.78, 5) is 0. The molecule has 2 N–H and O–H groups in total. The van der Waals surface area contributed by atoms with E-state index in [1.807, 2.05) is 32.0 Å². The van der Waals surface area contributed by atoms with E-state index in [9.17, 15) is 0 Å². The van der Waals surface area contributed by atoms with E-state index in [2.05, 4.69) is 41.8 Å². The maximum Gasteiger partial charge on any atom is 0.171 e. The predicted molar refractivity (Wildman–Crippen MR) is 117 cm³/mol. The van der Waals surface area contributed by atoms with Crippen LogP contribution in [-0.4, -0.2) is 18.3 Å². The molecule has 27 heavy (non-hydrogen) atoms. The van der Waals surface area contributed by atoms with Gasteiger partial charge in [-0.2, -0.15) is 0 Å². The van der Waals surface area contributed by atoms with Crippen molar-refractivity contribution >= 4 is 23.0 Å². The number of ether oxygens (including phenoxy) is 2. The highest BCUT2D eigenvalue weighted by molar-refractivity contribution is 7.80. The van der Waals surface area contributed by atoms with Crippen molar-refractivity contribution in [1.29, 1.82) is 0 Å². The van der Waals surface area contributed by atoms with Gasteiger partial charge in [0.2, 0.25) is 0 Å². The van der Waals surface area contributed by atoms with Crippen LogP contribution < -0.4 is 20.1 Å². The summed E-state index contributed by atoms with van der Waals surface area (Å²) in [6.07, 6.45) is 3.56. The molecule has 0 aliphatic carbocycles. The van der Waals surface area contributed by atoms with Crippen molar-refractivity contribution in [3.63, 3.8) is 0 Å². The largest absolute Gasteiger partial charge is 0.490 e. The molecule has 2 aromatic rings. The van der Waals surface area contributed by atoms with E-state index in [0.29, 0.717) is 24.9 Å². The monoisotopic (exact) mass is 386 g/mol. The van der Waals surface area contributed by atoms with Crippen LogP contribution in [0.4, 0.5) is 5.69 Å². The normalized spacial score (nSPS) is 10.3. The Morgan fingerprint density at radius 3 is 2.22 bits per heavy atom. The van der Waals surface area contributed by atoms with E-state index in [1.165, 1.54) is 18.4 Å². The Kier molecular flexibility index (Phi) is 8.92. The lowest BCUT2D eigenvalue weighted by atomic mass is 10.1. The molecule has 0 aliphatic rings. The van der Waals surface area contributed by atoms with Gasteiger partial charge in [-0.1, -0.05) is 31.5 Å². The molecule has 0 saturated carbocycles. The number of anilines is 1. The smallest absolute Gasteiger partial charge is 0.171 e. The zero-order valence-corrected chi connectivity index (χ0v) is 17.3. The Morgan fingerprint density at radius 2 is 1.56 bits per heavy atom. The minimum absolute atomic E-state index is 0.600. The van der Waals surface area contributed by atoms with E-state index >= 15 is 0 Å². The molecule has 0 radical (unpaired) electrons. The van der Waals surface area contributed by atoms with Crippen molar-refractivity contribution in [3.05, 3.63) is 53.6 Å². The average molecular weight is 387 g/mol. The van der Waals surface area contributed by atoms with Gasteiger partial charge in [0.25, 0.3) is 0 Å². The number of hydrogen-bond acceptors (Lipinski definition) is 3. The molecule has 2 aromatic carbocycles. The second-order valence-corrected chi connectivity index (χ2v) is 6.66. The molecular formula is C22H30N2O2S. The number of unbranched alkanes of at least 4 members (excludes halogenated alkanes) is 1. The third-order valence-corrected chi connectivity index (χ3v) is 4.34. The summed E-state index contributed by atoms with van der Waals surface area (Å²) in [5.41, 5.74) is 3.44. The summed E-state index contributed by atoms with van der Waals surface area (Å²) in [6.45, 7) is 7.97. The van der Waals surface area contributed by atoms with Gasteiger partial charge in [0, 0.05) is 12.2 Å². The Bertz CT molecular complexity index is 717. The van der Waals surface area contributed by atoms with Crippen LogP contribution in [0.25, 0.3) is 0 Å². The van der Waals surface area contributed by atoms with Gasteiger partial charge in [-0.25, -0.2) is 0 Å². The minimum Gasteiger partial charge on any atom is -0.490 e. The van der Waals surface area contributed by atoms with Gasteiger partial charge in [0.15, 0.2) is 16.6 Å². The molecule has 146 valence electrons. The van der Waals surface area contributed by atoms with Gasteiger partial charge in [0.05, 0.1) is 13.2 Å². The summed E-state index contributed by atoms with van der Waals surface area (Å²) in [5.74, 6) is 1.53. The van der Waals surface area contributed by atoms with E-state index in [1.54, 1.807) is 0 Å². The van der Waals surface area contributed by atoms with Crippen LogP contribution in [0.5, 0.6) is 11.5 Å². The summed E-state index contributed by atoms with van der Waals surface area (Å²) in [6, 6.07) is 14.4. The molecule has 0 spiro atoms. The summed E-state index contributed by atoms with van der Waals surface area (Å²) < 4.78 is 11.3. The van der Waals surface area contributed by atoms with Crippen LogP contribution >= 0.6 is 12.2 Å². The van der Waals surface area contributed by atoms with Gasteiger partial charge < -0.3 is 20.1 Å². The highest BCUT2D eigenvalue weighted by atomic mass is 32.1. The number of thiocarbonyl (C=S) groups is 1. The van der Waals surface area contributed by atoms with Crippen molar-refractivity contribution in [1.82, 2.24) is 5.32 Å². The number of benzene rings is 2. The third-order valence-electron chi connectivity index (χ3n) is 4.09. The van der Waals surface area contributed by atoms with Crippen LogP contribution in [0, 0.1) is 0 Å². The molecule has 0 fully saturated rings. The summed E-state index contributed by atoms with van der Waals surface area (Å²) in [7, 11) is 0. The van der Waals surface area contributed by atoms with Crippen LogP contribution in [-0.2, 0) is 13.0 Å². The molecule has 0 aromatic heterocycles. The molecular weight excluding hydrogens is 356 g/mol. The minimum atomic E-state index is 0.600. The quantitative estimate of drug-likeness (QED) is 0.542. The molecule has 2 rings (SSSR count). The van der Waals surface area contributed by atoms with Crippen LogP contribution in [0.2, 0.25) is 0 Å². The number of hydrogen-bond donors (Lipinski definition) is 2. The van der Waals surface area contributed by atoms with Gasteiger partial charge in [-0.3, -0.25) is 0 Å². The Hall–Kier alpha value is -2.27. The number of nitrogens with one attached hydrogen (secondary N) is 2. The first-order chi connectivity index (χ1) is 13.2. The number of rotatable bonds is 10. The highest BCUT2D eigenvalue weighted by Crippen LogP contribution is 2.28. The molecule has 0 heterocycles. The first-order valence-electron chi connectivity index (χ1n) is 9.68. The summed E-state index contributed by atoms with van der Waals surface area (Å²) >= 11 is 5.41. The molecule has 0 saturated heterocycles. The first-order valence-corrected chi connectivity index (χ1v) is 10.1. The molecule has 5 heteroatoms. The maximum atomic E-state index is 5.67. The molecule has 0 bridgehead atoms. The van der Waals surface area contributed by atoms with Gasteiger partial charge in [-0.05, 0) is 74.3 Å². The summed E-state index contributed by atoms with van der Waals surface area (Å²) in [5, 5.41) is 7.07. The predicted octanol–water partition coefficient (Wildman–Crippen LogP) is 5.31. The Balaban J connectivity index is 1.88. The standard InChI is InChI=1S/C22H30N2O2S/c1-4-7-8-17-9-12-19(13-10-17)24-22(27)23-16-18-11-14-20(25-5-2)21(15-18)26-6-3/h9-15H,4-8,16H2,1-3H3,(H2,23,24,27). The van der Waals surface area contributed by atoms with Crippen LogP contribution in [0.3, 0.4) is 0 Å². The topological polar surface area (TPSA) is 42.5 Å². The van der Waals surface area contributed by atoms with E-state index in [-0.39, 0.29) is 0 Å². The van der Waals surface area contributed by atoms with Crippen LogP contribution in [0.15, 0.2) is 42.5 Å². The van der Waals surface area contributed by atoms with Gasteiger partial charge in [0.1, 0.15) is 0 Å². The van der Waals surface area contributed by atoms with E-state index in [4.69, 9.17) is 21.7 Å². The lowest BCUT2D eigenvalue weighted by molar-refractivity contribution is 0.287. The van der Waals surface area contributed by atoms with Crippen molar-refractivity contribution < 1.29 is 9.47 Å². The highest BCUT2D eigenvalue weighted by Gasteiger charge is 2.07. The zero-order chi connectivity index (χ0) is 19.5. The van der Waals surface area contributed by atoms with E-state index in [0.717, 1.165) is 29.2 Å². The van der Waals surface area contributed by atoms with Crippen molar-refractivity contribution in [3.8, 4) is 11.5 Å². The lowest BCUT2D eigenvalue weighted by Gasteiger charge is -2.14. The fourth-order valence-corrected chi connectivity index (χ4v) is 2.89. The second kappa shape index (κ2) is 11.4. The van der Waals surface area contributed by atoms with E-state index < -0.39 is 0 Å². The van der Waals surface area contributed by atoms with Crippen LogP contribution in [0.1, 0.15) is 44.7 Å². The van der Waals surface area contributed by atoms with Crippen molar-refractivity contribution in [2.24, 2.45) is 0 Å². The molecule has 4 nitrogen and oxygen atoms in total. The molecule has 0 amide bonds.